The molecule has 0 saturated carbocycles. The molecule has 0 aromatic rings. The molecule has 0 aromatic heterocycles. The van der Waals surface area contributed by atoms with Gasteiger partial charge >= 0.3 is 0 Å². The Hall–Kier alpha value is -0.120. The highest BCUT2D eigenvalue weighted by molar-refractivity contribution is 4.99. The Labute approximate surface area is 132 Å². The molecule has 0 spiro atoms. The zero-order valence-corrected chi connectivity index (χ0v) is 15.7. The Kier molecular flexibility index (Phi) is 6.28. The van der Waals surface area contributed by atoms with Crippen LogP contribution in [0.25, 0.3) is 0 Å². The lowest BCUT2D eigenvalue weighted by atomic mass is 9.80. The van der Waals surface area contributed by atoms with E-state index in [1.165, 1.54) is 12.8 Å². The average Bonchev–Trinajstić information content (AvgIpc) is 2.35. The molecular formula is C18H38N2O. The van der Waals surface area contributed by atoms with Gasteiger partial charge in [-0.2, -0.15) is 0 Å². The third-order valence-electron chi connectivity index (χ3n) is 4.88. The number of nitrogens with zero attached hydrogens (tertiary/aromatic N) is 1. The molecule has 3 heteroatoms. The Morgan fingerprint density at radius 3 is 2.10 bits per heavy atom. The van der Waals surface area contributed by atoms with Crippen LogP contribution in [0.1, 0.15) is 68.2 Å². The summed E-state index contributed by atoms with van der Waals surface area (Å²) in [7, 11) is 0. The first-order valence-electron chi connectivity index (χ1n) is 8.66. The highest BCUT2D eigenvalue weighted by Crippen LogP contribution is 2.31. The molecule has 0 aromatic carbocycles. The zero-order valence-electron chi connectivity index (χ0n) is 15.7. The molecule has 1 saturated heterocycles. The largest absolute Gasteiger partial charge is 0.375 e. The highest BCUT2D eigenvalue weighted by atomic mass is 16.5. The number of nitrogens with one attached hydrogen (secondary N) is 1. The second kappa shape index (κ2) is 6.97. The first-order valence-corrected chi connectivity index (χ1v) is 8.66. The van der Waals surface area contributed by atoms with Crippen molar-refractivity contribution in [2.24, 2.45) is 5.41 Å². The second-order valence-electron chi connectivity index (χ2n) is 8.68. The van der Waals surface area contributed by atoms with Crippen molar-refractivity contribution in [3.8, 4) is 0 Å². The monoisotopic (exact) mass is 298 g/mol. The molecule has 126 valence electrons. The molecule has 1 rings (SSSR count). The SMILES string of the molecule is CCC1(CC)CN(CCOC(C)(C)C)C(C(C)(C)C)CN1. The quantitative estimate of drug-likeness (QED) is 0.838. The van der Waals surface area contributed by atoms with E-state index < -0.39 is 0 Å². The standard InChI is InChI=1S/C18H38N2O/c1-9-18(10-2)14-20(11-12-21-17(6,7)8)15(13-19-18)16(3,4)5/h15,19H,9-14H2,1-8H3. The van der Waals surface area contributed by atoms with Crippen LogP contribution in [0.5, 0.6) is 0 Å². The summed E-state index contributed by atoms with van der Waals surface area (Å²) in [6.07, 6.45) is 2.38. The van der Waals surface area contributed by atoms with E-state index in [1.54, 1.807) is 0 Å². The van der Waals surface area contributed by atoms with Gasteiger partial charge in [-0.1, -0.05) is 34.6 Å². The summed E-state index contributed by atoms with van der Waals surface area (Å²) in [5.74, 6) is 0. The van der Waals surface area contributed by atoms with Crippen LogP contribution >= 0.6 is 0 Å². The maximum Gasteiger partial charge on any atom is 0.0600 e. The maximum atomic E-state index is 5.97. The van der Waals surface area contributed by atoms with Crippen molar-refractivity contribution >= 4 is 0 Å². The minimum absolute atomic E-state index is 0.0438. The van der Waals surface area contributed by atoms with Gasteiger partial charge in [0.25, 0.3) is 0 Å². The van der Waals surface area contributed by atoms with E-state index >= 15 is 0 Å². The van der Waals surface area contributed by atoms with Crippen molar-refractivity contribution in [1.29, 1.82) is 0 Å². The van der Waals surface area contributed by atoms with Gasteiger partial charge in [0.15, 0.2) is 0 Å². The van der Waals surface area contributed by atoms with Gasteiger partial charge in [0.2, 0.25) is 0 Å². The highest BCUT2D eigenvalue weighted by Gasteiger charge is 2.40. The van der Waals surface area contributed by atoms with Crippen LogP contribution in [-0.4, -0.2) is 48.3 Å². The van der Waals surface area contributed by atoms with Crippen LogP contribution in [0, 0.1) is 5.41 Å². The first kappa shape index (κ1) is 18.9. The summed E-state index contributed by atoms with van der Waals surface area (Å²) in [5, 5.41) is 3.84. The normalized spacial score (nSPS) is 24.3. The number of piperazine rings is 1. The van der Waals surface area contributed by atoms with Crippen LogP contribution in [-0.2, 0) is 4.74 Å². The smallest absolute Gasteiger partial charge is 0.0600 e. The van der Waals surface area contributed by atoms with Gasteiger partial charge in [-0.05, 0) is 39.0 Å². The van der Waals surface area contributed by atoms with Crippen LogP contribution in [0.4, 0.5) is 0 Å². The van der Waals surface area contributed by atoms with Gasteiger partial charge in [-0.25, -0.2) is 0 Å². The number of hydrogen-bond acceptors (Lipinski definition) is 3. The van der Waals surface area contributed by atoms with E-state index in [2.05, 4.69) is 65.6 Å². The van der Waals surface area contributed by atoms with Gasteiger partial charge < -0.3 is 10.1 Å². The predicted octanol–water partition coefficient (Wildman–Crippen LogP) is 3.68. The summed E-state index contributed by atoms with van der Waals surface area (Å²) in [6.45, 7) is 22.1. The van der Waals surface area contributed by atoms with Crippen LogP contribution in [0.3, 0.4) is 0 Å². The summed E-state index contributed by atoms with van der Waals surface area (Å²) < 4.78 is 5.97. The van der Waals surface area contributed by atoms with E-state index in [0.29, 0.717) is 11.5 Å². The summed E-state index contributed by atoms with van der Waals surface area (Å²) in [4.78, 5) is 2.66. The molecule has 0 amide bonds. The summed E-state index contributed by atoms with van der Waals surface area (Å²) in [6, 6.07) is 0.576. The Balaban J connectivity index is 2.74. The van der Waals surface area contributed by atoms with Crippen LogP contribution < -0.4 is 5.32 Å². The lowest BCUT2D eigenvalue weighted by Gasteiger charge is -2.51. The van der Waals surface area contributed by atoms with Crippen LogP contribution in [0.2, 0.25) is 0 Å². The molecule has 3 nitrogen and oxygen atoms in total. The molecular weight excluding hydrogens is 260 g/mol. The molecule has 1 fully saturated rings. The van der Waals surface area contributed by atoms with Gasteiger partial charge in [0.1, 0.15) is 0 Å². The van der Waals surface area contributed by atoms with Crippen molar-refractivity contribution in [3.05, 3.63) is 0 Å². The summed E-state index contributed by atoms with van der Waals surface area (Å²) >= 11 is 0. The van der Waals surface area contributed by atoms with Crippen molar-refractivity contribution in [2.45, 2.75) is 85.4 Å². The van der Waals surface area contributed by atoms with Crippen LogP contribution in [0.15, 0.2) is 0 Å². The number of hydrogen-bond donors (Lipinski definition) is 1. The Morgan fingerprint density at radius 1 is 1.10 bits per heavy atom. The Morgan fingerprint density at radius 2 is 1.67 bits per heavy atom. The van der Waals surface area contributed by atoms with Crippen molar-refractivity contribution in [3.63, 3.8) is 0 Å². The molecule has 1 unspecified atom stereocenters. The predicted molar refractivity (Wildman–Crippen MR) is 91.8 cm³/mol. The van der Waals surface area contributed by atoms with Gasteiger partial charge in [-0.15, -0.1) is 0 Å². The third-order valence-corrected chi connectivity index (χ3v) is 4.88. The van der Waals surface area contributed by atoms with Crippen molar-refractivity contribution in [2.75, 3.05) is 26.2 Å². The van der Waals surface area contributed by atoms with E-state index in [-0.39, 0.29) is 11.1 Å². The minimum atomic E-state index is -0.0438. The average molecular weight is 299 g/mol. The van der Waals surface area contributed by atoms with Gasteiger partial charge in [-0.3, -0.25) is 4.90 Å². The molecule has 1 heterocycles. The topological polar surface area (TPSA) is 24.5 Å². The molecule has 0 bridgehead atoms. The van der Waals surface area contributed by atoms with E-state index in [9.17, 15) is 0 Å². The number of rotatable bonds is 5. The van der Waals surface area contributed by atoms with Gasteiger partial charge in [0.05, 0.1) is 12.2 Å². The molecule has 1 aliphatic rings. The van der Waals surface area contributed by atoms with Crippen molar-refractivity contribution < 1.29 is 4.74 Å². The Bertz CT molecular complexity index is 310. The van der Waals surface area contributed by atoms with Gasteiger partial charge in [0, 0.05) is 31.2 Å². The fourth-order valence-electron chi connectivity index (χ4n) is 3.28. The fraction of sp³-hybridized carbons (Fsp3) is 1.00. The fourth-order valence-corrected chi connectivity index (χ4v) is 3.28. The summed E-state index contributed by atoms with van der Waals surface area (Å²) in [5.41, 5.74) is 0.531. The van der Waals surface area contributed by atoms with E-state index in [4.69, 9.17) is 4.74 Å². The molecule has 1 N–H and O–H groups in total. The van der Waals surface area contributed by atoms with E-state index in [0.717, 1.165) is 26.2 Å². The van der Waals surface area contributed by atoms with E-state index in [1.807, 2.05) is 0 Å². The molecule has 1 aliphatic heterocycles. The second-order valence-corrected chi connectivity index (χ2v) is 8.68. The first-order chi connectivity index (χ1) is 9.53. The minimum Gasteiger partial charge on any atom is -0.375 e. The molecule has 0 aliphatic carbocycles. The third kappa shape index (κ3) is 5.54. The lowest BCUT2D eigenvalue weighted by molar-refractivity contribution is -0.0421. The number of ether oxygens (including phenoxy) is 1. The molecule has 0 radical (unpaired) electrons. The zero-order chi connectivity index (χ0) is 16.3. The molecule has 1 atom stereocenters. The lowest BCUT2D eigenvalue weighted by Crippen LogP contribution is -2.66. The van der Waals surface area contributed by atoms with Crippen molar-refractivity contribution in [1.82, 2.24) is 10.2 Å². The molecule has 21 heavy (non-hydrogen) atoms. The maximum absolute atomic E-state index is 5.97.